The number of benzene rings is 2. The molecule has 3 heterocycles. The Labute approximate surface area is 326 Å². The zero-order chi connectivity index (χ0) is 40.9. The number of aliphatic hydroxyl groups excluding tert-OH is 1. The number of phenolic OH excluding ortho intramolecular Hbond substituents is 1. The summed E-state index contributed by atoms with van der Waals surface area (Å²) >= 11 is 0. The molecule has 2 aromatic heterocycles. The molecule has 1 aliphatic rings. The number of H-pyrrole nitrogens is 2. The number of aliphatic hydroxyl groups is 1. The number of phenols is 1. The molecule has 11 N–H and O–H groups in total. The average molecular weight is 787 g/mol. The number of hydrogen-bond acceptors (Lipinski definition) is 11. The summed E-state index contributed by atoms with van der Waals surface area (Å²) in [5, 5.41) is 40.1. The van der Waals surface area contributed by atoms with E-state index in [0.717, 1.165) is 0 Å². The van der Waals surface area contributed by atoms with Crippen molar-refractivity contribution in [2.75, 3.05) is 13.2 Å². The van der Waals surface area contributed by atoms with Gasteiger partial charge in [0, 0.05) is 56.0 Å². The quantitative estimate of drug-likeness (QED) is 0.0517. The van der Waals surface area contributed by atoms with Crippen LogP contribution in [0.3, 0.4) is 0 Å². The van der Waals surface area contributed by atoms with E-state index in [1.165, 1.54) is 54.2 Å². The summed E-state index contributed by atoms with van der Waals surface area (Å²) in [7, 11) is 0. The number of nitrogens with zero attached hydrogens (tertiary/aromatic N) is 3. The summed E-state index contributed by atoms with van der Waals surface area (Å²) in [6.45, 7) is -0.764. The number of likely N-dealkylation sites (tertiary alicyclic amines) is 1. The number of carbonyl (C=O) groups is 6. The van der Waals surface area contributed by atoms with Crippen LogP contribution in [0.4, 0.5) is 0 Å². The maximum atomic E-state index is 14.0. The monoisotopic (exact) mass is 786 g/mol. The van der Waals surface area contributed by atoms with Crippen LogP contribution in [0.5, 0.6) is 5.75 Å². The average Bonchev–Trinajstić information content (AvgIpc) is 4.01. The van der Waals surface area contributed by atoms with Crippen molar-refractivity contribution in [3.63, 3.8) is 0 Å². The predicted octanol–water partition coefficient (Wildman–Crippen LogP) is -1.56. The van der Waals surface area contributed by atoms with Gasteiger partial charge in [-0.15, -0.1) is 0 Å². The normalized spacial score (nSPS) is 16.4. The van der Waals surface area contributed by atoms with Gasteiger partial charge >= 0.3 is 5.97 Å². The highest BCUT2D eigenvalue weighted by Gasteiger charge is 2.39. The molecule has 1 saturated heterocycles. The zero-order valence-electron chi connectivity index (χ0n) is 30.8. The maximum Gasteiger partial charge on any atom is 0.326 e. The molecule has 5 rings (SSSR count). The number of carbonyl (C=O) groups excluding carboxylic acids is 5. The molecule has 0 bridgehead atoms. The zero-order valence-corrected chi connectivity index (χ0v) is 30.8. The van der Waals surface area contributed by atoms with Crippen molar-refractivity contribution in [3.8, 4) is 5.75 Å². The molecule has 6 atom stereocenters. The first kappa shape index (κ1) is 41.6. The van der Waals surface area contributed by atoms with E-state index in [1.54, 1.807) is 30.3 Å². The third-order valence-corrected chi connectivity index (χ3v) is 9.49. The van der Waals surface area contributed by atoms with Gasteiger partial charge in [-0.2, -0.15) is 0 Å². The number of carboxylic acids is 1. The summed E-state index contributed by atoms with van der Waals surface area (Å²) in [6.07, 6.45) is 6.35. The SMILES string of the molecule is N[C@@H](Cc1cnc[nH]1)C(=O)N[C@@H](Cc1ccccc1)C(=O)N[C@@H](Cc1cnc[nH]1)C(=O)N[C@@H](CO)C(=O)N[C@@H](Cc1ccc(O)cc1)C(=O)N1CCC[C@H]1C(=O)O. The summed E-state index contributed by atoms with van der Waals surface area (Å²) in [4.78, 5) is 95.2. The van der Waals surface area contributed by atoms with Crippen molar-refractivity contribution in [2.45, 2.75) is 74.8 Å². The van der Waals surface area contributed by atoms with Gasteiger partial charge in [0.05, 0.1) is 25.3 Å². The van der Waals surface area contributed by atoms with Crippen LogP contribution < -0.4 is 27.0 Å². The Hall–Kier alpha value is -6.60. The summed E-state index contributed by atoms with van der Waals surface area (Å²) in [6, 6.07) is 7.07. The number of nitrogens with one attached hydrogen (secondary N) is 6. The van der Waals surface area contributed by atoms with Gasteiger partial charge in [0.15, 0.2) is 0 Å². The van der Waals surface area contributed by atoms with Crippen molar-refractivity contribution in [1.82, 2.24) is 46.1 Å². The molecule has 57 heavy (non-hydrogen) atoms. The molecule has 0 spiro atoms. The minimum atomic E-state index is -1.62. The number of aromatic amines is 2. The van der Waals surface area contributed by atoms with Crippen LogP contribution in [-0.4, -0.2) is 125 Å². The number of carboxylic acid groups (broad SMARTS) is 1. The van der Waals surface area contributed by atoms with E-state index in [9.17, 15) is 44.1 Å². The lowest BCUT2D eigenvalue weighted by Gasteiger charge is -2.29. The molecule has 0 unspecified atom stereocenters. The molecule has 4 aromatic rings. The number of aromatic hydroxyl groups is 1. The molecular formula is C38H46N10O9. The van der Waals surface area contributed by atoms with Crippen LogP contribution in [0.1, 0.15) is 35.4 Å². The van der Waals surface area contributed by atoms with Gasteiger partial charge < -0.3 is 57.2 Å². The van der Waals surface area contributed by atoms with Crippen LogP contribution in [0.25, 0.3) is 0 Å². The molecule has 302 valence electrons. The molecule has 2 aromatic carbocycles. The van der Waals surface area contributed by atoms with Crippen LogP contribution in [0.15, 0.2) is 79.6 Å². The molecule has 0 saturated carbocycles. The Kier molecular flexibility index (Phi) is 14.5. The lowest BCUT2D eigenvalue weighted by Crippen LogP contribution is -2.61. The minimum absolute atomic E-state index is 0.0291. The van der Waals surface area contributed by atoms with Crippen molar-refractivity contribution >= 4 is 35.5 Å². The number of rotatable bonds is 19. The van der Waals surface area contributed by atoms with Gasteiger partial charge in [-0.3, -0.25) is 24.0 Å². The number of hydrogen-bond donors (Lipinski definition) is 10. The molecule has 5 amide bonds. The van der Waals surface area contributed by atoms with E-state index in [-0.39, 0.29) is 44.4 Å². The standard InChI is InChI=1S/C38H46N10O9/c39-27(15-24-17-40-20-42-24)33(51)44-28(13-22-5-2-1-3-6-22)34(52)45-29(16-25-18-41-21-43-25)35(53)47-31(19-49)36(54)46-30(14-23-8-10-26(50)11-9-23)37(55)48-12-4-7-32(48)38(56)57/h1-3,5-6,8-11,17-18,20-21,27-32,49-50H,4,7,12-16,19,39H2,(H,40,42)(H,41,43)(H,44,51)(H,45,52)(H,46,54)(H,47,53)(H,56,57)/t27-,28-,29-,30-,31-,32-/m0/s1. The van der Waals surface area contributed by atoms with Crippen LogP contribution in [0, 0.1) is 0 Å². The fourth-order valence-corrected chi connectivity index (χ4v) is 6.46. The molecule has 1 fully saturated rings. The fraction of sp³-hybridized carbons (Fsp3) is 0.368. The van der Waals surface area contributed by atoms with E-state index in [4.69, 9.17) is 5.73 Å². The van der Waals surface area contributed by atoms with Gasteiger partial charge in [0.25, 0.3) is 0 Å². The summed E-state index contributed by atoms with van der Waals surface area (Å²) < 4.78 is 0. The van der Waals surface area contributed by atoms with Crippen LogP contribution in [0.2, 0.25) is 0 Å². The second-order valence-electron chi connectivity index (χ2n) is 13.7. The first-order chi connectivity index (χ1) is 27.4. The van der Waals surface area contributed by atoms with Gasteiger partial charge in [-0.1, -0.05) is 42.5 Å². The fourth-order valence-electron chi connectivity index (χ4n) is 6.46. The van der Waals surface area contributed by atoms with Gasteiger partial charge in [0.2, 0.25) is 29.5 Å². The highest BCUT2D eigenvalue weighted by atomic mass is 16.4. The number of imidazole rings is 2. The molecular weight excluding hydrogens is 740 g/mol. The van der Waals surface area contributed by atoms with Crippen molar-refractivity contribution < 1.29 is 44.1 Å². The topological polar surface area (TPSA) is 298 Å². The second-order valence-corrected chi connectivity index (χ2v) is 13.7. The smallest absolute Gasteiger partial charge is 0.326 e. The van der Waals surface area contributed by atoms with Gasteiger partial charge in [-0.05, 0) is 36.1 Å². The van der Waals surface area contributed by atoms with Crippen LogP contribution >= 0.6 is 0 Å². The van der Waals surface area contributed by atoms with Crippen molar-refractivity contribution in [3.05, 3.63) is 102 Å². The molecule has 19 nitrogen and oxygen atoms in total. The Morgan fingerprint density at radius 3 is 1.84 bits per heavy atom. The Morgan fingerprint density at radius 1 is 0.719 bits per heavy atom. The van der Waals surface area contributed by atoms with Gasteiger partial charge in [0.1, 0.15) is 36.0 Å². The highest BCUT2D eigenvalue weighted by molar-refractivity contribution is 5.96. The highest BCUT2D eigenvalue weighted by Crippen LogP contribution is 2.20. The maximum absolute atomic E-state index is 14.0. The van der Waals surface area contributed by atoms with Gasteiger partial charge in [-0.25, -0.2) is 14.8 Å². The van der Waals surface area contributed by atoms with E-state index in [0.29, 0.717) is 28.9 Å². The molecule has 1 aliphatic heterocycles. The molecule has 0 radical (unpaired) electrons. The number of aromatic nitrogens is 4. The molecule has 19 heteroatoms. The van der Waals surface area contributed by atoms with Crippen molar-refractivity contribution in [1.29, 1.82) is 0 Å². The van der Waals surface area contributed by atoms with E-state index >= 15 is 0 Å². The van der Waals surface area contributed by atoms with E-state index in [2.05, 4.69) is 41.2 Å². The third-order valence-electron chi connectivity index (χ3n) is 9.49. The summed E-state index contributed by atoms with van der Waals surface area (Å²) in [5.41, 5.74) is 8.43. The predicted molar refractivity (Wildman–Crippen MR) is 202 cm³/mol. The number of aliphatic carboxylic acids is 1. The Balaban J connectivity index is 1.33. The first-order valence-electron chi connectivity index (χ1n) is 18.3. The van der Waals surface area contributed by atoms with E-state index in [1.807, 2.05) is 0 Å². The van der Waals surface area contributed by atoms with Crippen LogP contribution in [-0.2, 0) is 54.5 Å². The Bertz CT molecular complexity index is 1960. The van der Waals surface area contributed by atoms with Crippen molar-refractivity contribution in [2.24, 2.45) is 5.73 Å². The minimum Gasteiger partial charge on any atom is -0.508 e. The first-order valence-corrected chi connectivity index (χ1v) is 18.3. The third kappa shape index (κ3) is 11.7. The Morgan fingerprint density at radius 2 is 1.25 bits per heavy atom. The lowest BCUT2D eigenvalue weighted by molar-refractivity contribution is -0.149. The second kappa shape index (κ2) is 19.8. The molecule has 0 aliphatic carbocycles. The summed E-state index contributed by atoms with van der Waals surface area (Å²) in [5.74, 6) is -5.12. The number of nitrogens with two attached hydrogens (primary N) is 1. The van der Waals surface area contributed by atoms with E-state index < -0.39 is 78.4 Å². The largest absolute Gasteiger partial charge is 0.508 e. The number of amides is 5. The lowest BCUT2D eigenvalue weighted by atomic mass is 10.0.